The highest BCUT2D eigenvalue weighted by atomic mass is 15.2. The molecule has 0 aromatic rings. The number of piperidine rings is 2. The molecular formula is C16H31N3. The molecule has 0 radical (unpaired) electrons. The number of hydrogen-bond donors (Lipinski definition) is 1. The van der Waals surface area contributed by atoms with Gasteiger partial charge in [0.1, 0.15) is 0 Å². The van der Waals surface area contributed by atoms with Crippen LogP contribution in [0.4, 0.5) is 0 Å². The fraction of sp³-hybridized carbons (Fsp3) is 1.00. The Morgan fingerprint density at radius 1 is 1.11 bits per heavy atom. The average molecular weight is 265 g/mol. The zero-order valence-electron chi connectivity index (χ0n) is 12.8. The van der Waals surface area contributed by atoms with E-state index in [0.717, 1.165) is 23.9 Å². The monoisotopic (exact) mass is 265 g/mol. The summed E-state index contributed by atoms with van der Waals surface area (Å²) in [6, 6.07) is 1.68. The van der Waals surface area contributed by atoms with Gasteiger partial charge in [0.05, 0.1) is 0 Å². The summed E-state index contributed by atoms with van der Waals surface area (Å²) in [6.07, 6.45) is 5.64. The molecule has 0 unspecified atom stereocenters. The molecule has 3 heteroatoms. The molecule has 2 atom stereocenters. The van der Waals surface area contributed by atoms with Crippen LogP contribution in [0.25, 0.3) is 0 Å². The second-order valence-corrected chi connectivity index (χ2v) is 7.34. The molecule has 0 aliphatic carbocycles. The van der Waals surface area contributed by atoms with E-state index in [1.54, 1.807) is 0 Å². The lowest BCUT2D eigenvalue weighted by molar-refractivity contribution is 0.115. The Bertz CT molecular complexity index is 270. The van der Waals surface area contributed by atoms with Gasteiger partial charge in [0.15, 0.2) is 0 Å². The van der Waals surface area contributed by atoms with Crippen molar-refractivity contribution in [3.05, 3.63) is 0 Å². The molecule has 0 aromatic heterocycles. The maximum absolute atomic E-state index is 3.73. The molecule has 3 aliphatic rings. The van der Waals surface area contributed by atoms with Gasteiger partial charge in [-0.05, 0) is 57.2 Å². The summed E-state index contributed by atoms with van der Waals surface area (Å²) in [4.78, 5) is 5.48. The highest BCUT2D eigenvalue weighted by Gasteiger charge is 2.37. The summed E-state index contributed by atoms with van der Waals surface area (Å²) in [5.41, 5.74) is 0. The van der Waals surface area contributed by atoms with E-state index in [1.807, 2.05) is 0 Å². The third-order valence-electron chi connectivity index (χ3n) is 5.32. The second-order valence-electron chi connectivity index (χ2n) is 7.34. The number of rotatable bonds is 3. The fourth-order valence-electron chi connectivity index (χ4n) is 4.36. The van der Waals surface area contributed by atoms with E-state index in [1.165, 1.54) is 65.0 Å². The zero-order chi connectivity index (χ0) is 13.2. The smallest absolute Gasteiger partial charge is 0.0235 e. The Morgan fingerprint density at radius 2 is 1.89 bits per heavy atom. The van der Waals surface area contributed by atoms with E-state index in [-0.39, 0.29) is 0 Å². The molecule has 3 rings (SSSR count). The van der Waals surface area contributed by atoms with Crippen molar-refractivity contribution in [2.75, 3.05) is 39.3 Å². The van der Waals surface area contributed by atoms with Crippen molar-refractivity contribution in [3.63, 3.8) is 0 Å². The fourth-order valence-corrected chi connectivity index (χ4v) is 4.36. The first-order chi connectivity index (χ1) is 9.22. The van der Waals surface area contributed by atoms with Crippen LogP contribution in [0, 0.1) is 11.8 Å². The zero-order valence-corrected chi connectivity index (χ0v) is 12.8. The van der Waals surface area contributed by atoms with E-state index >= 15 is 0 Å². The van der Waals surface area contributed by atoms with Gasteiger partial charge in [-0.25, -0.2) is 0 Å². The van der Waals surface area contributed by atoms with E-state index < -0.39 is 0 Å². The van der Waals surface area contributed by atoms with E-state index in [4.69, 9.17) is 0 Å². The molecule has 1 N–H and O–H groups in total. The third kappa shape index (κ3) is 3.32. The van der Waals surface area contributed by atoms with Crippen LogP contribution in [0.1, 0.15) is 39.5 Å². The molecule has 3 aliphatic heterocycles. The lowest BCUT2D eigenvalue weighted by atomic mass is 9.94. The van der Waals surface area contributed by atoms with Gasteiger partial charge < -0.3 is 10.2 Å². The molecule has 0 bridgehead atoms. The molecule has 3 fully saturated rings. The summed E-state index contributed by atoms with van der Waals surface area (Å²) in [5.74, 6) is 1.76. The largest absolute Gasteiger partial charge is 0.312 e. The first kappa shape index (κ1) is 13.8. The highest BCUT2D eigenvalue weighted by Crippen LogP contribution is 2.29. The summed E-state index contributed by atoms with van der Waals surface area (Å²) >= 11 is 0. The summed E-state index contributed by atoms with van der Waals surface area (Å²) < 4.78 is 0. The quantitative estimate of drug-likeness (QED) is 0.839. The Labute approximate surface area is 118 Å². The van der Waals surface area contributed by atoms with Gasteiger partial charge in [-0.2, -0.15) is 0 Å². The van der Waals surface area contributed by atoms with Crippen LogP contribution < -0.4 is 5.32 Å². The lowest BCUT2D eigenvalue weighted by Gasteiger charge is -2.37. The summed E-state index contributed by atoms with van der Waals surface area (Å²) in [6.45, 7) is 12.5. The minimum absolute atomic E-state index is 0.808. The first-order valence-electron chi connectivity index (χ1n) is 8.42. The van der Waals surface area contributed by atoms with Crippen molar-refractivity contribution in [1.29, 1.82) is 0 Å². The van der Waals surface area contributed by atoms with Gasteiger partial charge in [0, 0.05) is 31.7 Å². The average Bonchev–Trinajstić information content (AvgIpc) is 2.82. The van der Waals surface area contributed by atoms with Crippen LogP contribution in [0.3, 0.4) is 0 Å². The molecule has 0 amide bonds. The maximum Gasteiger partial charge on any atom is 0.0235 e. The van der Waals surface area contributed by atoms with Crippen molar-refractivity contribution < 1.29 is 0 Å². The van der Waals surface area contributed by atoms with Gasteiger partial charge in [-0.3, -0.25) is 4.90 Å². The van der Waals surface area contributed by atoms with Crippen molar-refractivity contribution in [2.24, 2.45) is 11.8 Å². The lowest BCUT2D eigenvalue weighted by Crippen LogP contribution is -2.46. The molecule has 0 saturated carbocycles. The number of nitrogens with one attached hydrogen (secondary N) is 1. The first-order valence-corrected chi connectivity index (χ1v) is 8.42. The molecule has 0 spiro atoms. The van der Waals surface area contributed by atoms with Gasteiger partial charge in [-0.15, -0.1) is 0 Å². The summed E-state index contributed by atoms with van der Waals surface area (Å²) in [5, 5.41) is 3.73. The SMILES string of the molecule is CC(C)CN1CCC(N2C[C@@H]3CCCN[C@@H]3C2)CC1. The van der Waals surface area contributed by atoms with Gasteiger partial charge in [0.2, 0.25) is 0 Å². The van der Waals surface area contributed by atoms with Crippen LogP contribution >= 0.6 is 0 Å². The molecule has 3 nitrogen and oxygen atoms in total. The van der Waals surface area contributed by atoms with Crippen LogP contribution in [-0.4, -0.2) is 61.2 Å². The predicted octanol–water partition coefficient (Wildman–Crippen LogP) is 1.79. The Balaban J connectivity index is 1.47. The van der Waals surface area contributed by atoms with E-state index in [0.29, 0.717) is 0 Å². The minimum Gasteiger partial charge on any atom is -0.312 e. The highest BCUT2D eigenvalue weighted by molar-refractivity contribution is 4.95. The van der Waals surface area contributed by atoms with Crippen molar-refractivity contribution in [1.82, 2.24) is 15.1 Å². The predicted molar refractivity (Wildman–Crippen MR) is 80.4 cm³/mol. The van der Waals surface area contributed by atoms with Gasteiger partial charge in [0.25, 0.3) is 0 Å². The van der Waals surface area contributed by atoms with Crippen LogP contribution in [0.2, 0.25) is 0 Å². The van der Waals surface area contributed by atoms with E-state index in [9.17, 15) is 0 Å². The molecule has 110 valence electrons. The van der Waals surface area contributed by atoms with Gasteiger partial charge in [-0.1, -0.05) is 13.8 Å². The number of nitrogens with zero attached hydrogens (tertiary/aromatic N) is 2. The normalized spacial score (nSPS) is 34.9. The van der Waals surface area contributed by atoms with Crippen LogP contribution in [0.5, 0.6) is 0 Å². The van der Waals surface area contributed by atoms with Crippen molar-refractivity contribution >= 4 is 0 Å². The number of fused-ring (bicyclic) bond motifs is 1. The molecule has 3 saturated heterocycles. The topological polar surface area (TPSA) is 18.5 Å². The van der Waals surface area contributed by atoms with Gasteiger partial charge >= 0.3 is 0 Å². The Kier molecular flexibility index (Phi) is 4.45. The maximum atomic E-state index is 3.73. The molecule has 19 heavy (non-hydrogen) atoms. The summed E-state index contributed by atoms with van der Waals surface area (Å²) in [7, 11) is 0. The van der Waals surface area contributed by atoms with Crippen LogP contribution in [0.15, 0.2) is 0 Å². The number of hydrogen-bond acceptors (Lipinski definition) is 3. The molecule has 0 aromatic carbocycles. The molecular weight excluding hydrogens is 234 g/mol. The molecule has 3 heterocycles. The van der Waals surface area contributed by atoms with Crippen LogP contribution in [-0.2, 0) is 0 Å². The standard InChI is InChI=1S/C16H31N3/c1-13(2)10-18-8-5-15(6-9-18)19-11-14-4-3-7-17-16(14)12-19/h13-17H,3-12H2,1-2H3/t14-,16+/m0/s1. The van der Waals surface area contributed by atoms with Crippen molar-refractivity contribution in [3.8, 4) is 0 Å². The minimum atomic E-state index is 0.808. The van der Waals surface area contributed by atoms with Crippen molar-refractivity contribution in [2.45, 2.75) is 51.6 Å². The Hall–Kier alpha value is -0.120. The Morgan fingerprint density at radius 3 is 2.58 bits per heavy atom. The van der Waals surface area contributed by atoms with E-state index in [2.05, 4.69) is 29.0 Å². The third-order valence-corrected chi connectivity index (χ3v) is 5.32. The number of likely N-dealkylation sites (tertiary alicyclic amines) is 2. The second kappa shape index (κ2) is 6.11.